The molecule has 1 aromatic heterocycles. The van der Waals surface area contributed by atoms with E-state index >= 15 is 0 Å². The molecule has 1 amide bonds. The Bertz CT molecular complexity index is 443. The maximum atomic E-state index is 11.9. The van der Waals surface area contributed by atoms with Crippen LogP contribution in [0, 0.1) is 25.2 Å². The van der Waals surface area contributed by atoms with E-state index in [2.05, 4.69) is 24.1 Å². The second kappa shape index (κ2) is 5.00. The highest BCUT2D eigenvalue weighted by atomic mass is 32.1. The van der Waals surface area contributed by atoms with Crippen molar-refractivity contribution in [2.24, 2.45) is 11.3 Å². The van der Waals surface area contributed by atoms with Crippen molar-refractivity contribution in [1.82, 2.24) is 10.3 Å². The van der Waals surface area contributed by atoms with Crippen LogP contribution in [0.4, 0.5) is 0 Å². The van der Waals surface area contributed by atoms with Gasteiger partial charge in [-0.2, -0.15) is 0 Å². The molecule has 0 unspecified atom stereocenters. The van der Waals surface area contributed by atoms with Crippen LogP contribution in [0.5, 0.6) is 0 Å². The molecule has 1 fully saturated rings. The van der Waals surface area contributed by atoms with Crippen LogP contribution < -0.4 is 5.32 Å². The first-order valence-electron chi connectivity index (χ1n) is 6.58. The van der Waals surface area contributed by atoms with Gasteiger partial charge < -0.3 is 5.32 Å². The molecule has 3 nitrogen and oxygen atoms in total. The molecular weight excluding hydrogens is 244 g/mol. The number of hydrogen-bond acceptors (Lipinski definition) is 3. The Hall–Kier alpha value is -0.900. The maximum Gasteiger partial charge on any atom is 0.223 e. The van der Waals surface area contributed by atoms with Crippen molar-refractivity contribution in [2.45, 2.75) is 47.0 Å². The van der Waals surface area contributed by atoms with Crippen molar-refractivity contribution in [3.05, 3.63) is 15.6 Å². The van der Waals surface area contributed by atoms with Gasteiger partial charge in [-0.25, -0.2) is 4.98 Å². The molecular formula is C14H22N2OS. The predicted octanol–water partition coefficient (Wildman–Crippen LogP) is 2.85. The van der Waals surface area contributed by atoms with Crippen molar-refractivity contribution in [3.63, 3.8) is 0 Å². The van der Waals surface area contributed by atoms with E-state index in [4.69, 9.17) is 0 Å². The first-order valence-corrected chi connectivity index (χ1v) is 7.40. The number of amides is 1. The smallest absolute Gasteiger partial charge is 0.223 e. The zero-order valence-corrected chi connectivity index (χ0v) is 12.5. The zero-order chi connectivity index (χ0) is 13.3. The molecule has 0 saturated heterocycles. The van der Waals surface area contributed by atoms with Gasteiger partial charge in [0.15, 0.2) is 0 Å². The average Bonchev–Trinajstić information content (AvgIpc) is 2.54. The molecule has 0 aromatic carbocycles. The normalized spacial score (nSPS) is 18.4. The summed E-state index contributed by atoms with van der Waals surface area (Å²) < 4.78 is 0. The lowest BCUT2D eigenvalue weighted by molar-refractivity contribution is -0.131. The number of carbonyl (C=O) groups is 1. The highest BCUT2D eigenvalue weighted by Gasteiger charge is 2.39. The van der Waals surface area contributed by atoms with Crippen LogP contribution in [0.2, 0.25) is 0 Å². The summed E-state index contributed by atoms with van der Waals surface area (Å²) in [4.78, 5) is 17.6. The SMILES string of the molecule is Cc1nc(C)c(CCNC(=O)C2CC(C)(C)C2)s1. The topological polar surface area (TPSA) is 42.0 Å². The molecule has 1 aromatic rings. The summed E-state index contributed by atoms with van der Waals surface area (Å²) in [5.41, 5.74) is 1.48. The molecule has 100 valence electrons. The Balaban J connectivity index is 1.73. The molecule has 1 aliphatic rings. The predicted molar refractivity (Wildman–Crippen MR) is 74.8 cm³/mol. The van der Waals surface area contributed by atoms with Crippen molar-refractivity contribution in [2.75, 3.05) is 6.54 Å². The van der Waals surface area contributed by atoms with E-state index in [9.17, 15) is 4.79 Å². The third-order valence-corrected chi connectivity index (χ3v) is 4.75. The molecule has 1 N–H and O–H groups in total. The minimum absolute atomic E-state index is 0.230. The number of aromatic nitrogens is 1. The number of rotatable bonds is 4. The molecule has 1 heterocycles. The van der Waals surface area contributed by atoms with Gasteiger partial charge in [-0.05, 0) is 32.1 Å². The lowest BCUT2D eigenvalue weighted by Crippen LogP contribution is -2.43. The van der Waals surface area contributed by atoms with E-state index in [0.717, 1.165) is 36.5 Å². The Morgan fingerprint density at radius 2 is 2.11 bits per heavy atom. The summed E-state index contributed by atoms with van der Waals surface area (Å²) in [7, 11) is 0. The van der Waals surface area contributed by atoms with Gasteiger partial charge in [0.05, 0.1) is 10.7 Å². The van der Waals surface area contributed by atoms with Gasteiger partial charge in [-0.1, -0.05) is 13.8 Å². The third kappa shape index (κ3) is 3.10. The second-order valence-corrected chi connectivity index (χ2v) is 7.34. The number of thiazole rings is 1. The quantitative estimate of drug-likeness (QED) is 0.910. The van der Waals surface area contributed by atoms with Gasteiger partial charge in [0.25, 0.3) is 0 Å². The first-order chi connectivity index (χ1) is 8.37. The van der Waals surface area contributed by atoms with E-state index in [0.29, 0.717) is 5.41 Å². The van der Waals surface area contributed by atoms with Crippen molar-refractivity contribution >= 4 is 17.2 Å². The Morgan fingerprint density at radius 1 is 1.44 bits per heavy atom. The summed E-state index contributed by atoms with van der Waals surface area (Å²) in [5, 5.41) is 4.15. The first kappa shape index (κ1) is 13.5. The van der Waals surface area contributed by atoms with E-state index in [1.807, 2.05) is 13.8 Å². The molecule has 0 atom stereocenters. The van der Waals surface area contributed by atoms with Crippen molar-refractivity contribution in [3.8, 4) is 0 Å². The fourth-order valence-electron chi connectivity index (χ4n) is 2.71. The van der Waals surface area contributed by atoms with E-state index in [1.54, 1.807) is 11.3 Å². The summed E-state index contributed by atoms with van der Waals surface area (Å²) in [6.45, 7) is 9.24. The number of nitrogens with zero attached hydrogens (tertiary/aromatic N) is 1. The van der Waals surface area contributed by atoms with Crippen molar-refractivity contribution in [1.29, 1.82) is 0 Å². The summed E-state index contributed by atoms with van der Waals surface area (Å²) in [6.07, 6.45) is 2.95. The number of nitrogens with one attached hydrogen (secondary N) is 1. The van der Waals surface area contributed by atoms with Gasteiger partial charge in [-0.15, -0.1) is 11.3 Å². The largest absolute Gasteiger partial charge is 0.355 e. The Morgan fingerprint density at radius 3 is 2.61 bits per heavy atom. The Kier molecular flexibility index (Phi) is 3.76. The van der Waals surface area contributed by atoms with Crippen LogP contribution in [0.1, 0.15) is 42.3 Å². The summed E-state index contributed by atoms with van der Waals surface area (Å²) in [6, 6.07) is 0. The van der Waals surface area contributed by atoms with Gasteiger partial charge in [-0.3, -0.25) is 4.79 Å². The van der Waals surface area contributed by atoms with Crippen molar-refractivity contribution < 1.29 is 4.79 Å². The highest BCUT2D eigenvalue weighted by Crippen LogP contribution is 2.44. The Labute approximate surface area is 113 Å². The van der Waals surface area contributed by atoms with Crippen LogP contribution in [-0.4, -0.2) is 17.4 Å². The number of aryl methyl sites for hydroxylation is 2. The number of carbonyl (C=O) groups excluding carboxylic acids is 1. The molecule has 0 aliphatic heterocycles. The van der Waals surface area contributed by atoms with E-state index in [-0.39, 0.29) is 11.8 Å². The molecule has 2 rings (SSSR count). The molecule has 1 aliphatic carbocycles. The molecule has 0 spiro atoms. The summed E-state index contributed by atoms with van der Waals surface area (Å²) >= 11 is 1.73. The molecule has 4 heteroatoms. The monoisotopic (exact) mass is 266 g/mol. The average molecular weight is 266 g/mol. The van der Waals surface area contributed by atoms with Crippen LogP contribution in [0.25, 0.3) is 0 Å². The zero-order valence-electron chi connectivity index (χ0n) is 11.7. The van der Waals surface area contributed by atoms with Gasteiger partial charge in [0.1, 0.15) is 0 Å². The molecule has 18 heavy (non-hydrogen) atoms. The van der Waals surface area contributed by atoms with Crippen LogP contribution in [-0.2, 0) is 11.2 Å². The highest BCUT2D eigenvalue weighted by molar-refractivity contribution is 7.11. The molecule has 0 bridgehead atoms. The summed E-state index contributed by atoms with van der Waals surface area (Å²) in [5.74, 6) is 0.470. The van der Waals surface area contributed by atoms with Gasteiger partial charge >= 0.3 is 0 Å². The maximum absolute atomic E-state index is 11.9. The lowest BCUT2D eigenvalue weighted by atomic mass is 9.64. The van der Waals surface area contributed by atoms with E-state index < -0.39 is 0 Å². The molecule has 1 saturated carbocycles. The van der Waals surface area contributed by atoms with Crippen LogP contribution >= 0.6 is 11.3 Å². The second-order valence-electron chi connectivity index (χ2n) is 6.05. The minimum atomic E-state index is 0.230. The molecule has 0 radical (unpaired) electrons. The van der Waals surface area contributed by atoms with Crippen LogP contribution in [0.3, 0.4) is 0 Å². The number of hydrogen-bond donors (Lipinski definition) is 1. The van der Waals surface area contributed by atoms with Gasteiger partial charge in [0.2, 0.25) is 5.91 Å². The fourth-order valence-corrected chi connectivity index (χ4v) is 3.65. The van der Waals surface area contributed by atoms with Crippen LogP contribution in [0.15, 0.2) is 0 Å². The lowest BCUT2D eigenvalue weighted by Gasteiger charge is -2.41. The van der Waals surface area contributed by atoms with Gasteiger partial charge in [0, 0.05) is 23.8 Å². The fraction of sp³-hybridized carbons (Fsp3) is 0.714. The minimum Gasteiger partial charge on any atom is -0.355 e. The third-order valence-electron chi connectivity index (χ3n) is 3.62. The standard InChI is InChI=1S/C14H22N2OS/c1-9-12(18-10(2)16-9)5-6-15-13(17)11-7-14(3,4)8-11/h11H,5-8H2,1-4H3,(H,15,17). The van der Waals surface area contributed by atoms with E-state index in [1.165, 1.54) is 4.88 Å².